The van der Waals surface area contributed by atoms with E-state index in [1.165, 1.54) is 9.91 Å². The van der Waals surface area contributed by atoms with Crippen LogP contribution in [0.25, 0.3) is 0 Å². The second-order valence-corrected chi connectivity index (χ2v) is 5.51. The van der Waals surface area contributed by atoms with Crippen molar-refractivity contribution in [3.8, 4) is 0 Å². The fourth-order valence-corrected chi connectivity index (χ4v) is 3.57. The minimum absolute atomic E-state index is 0.456. The van der Waals surface area contributed by atoms with E-state index in [9.17, 15) is 4.79 Å². The van der Waals surface area contributed by atoms with E-state index in [2.05, 4.69) is 33.0 Å². The largest absolute Gasteiger partial charge is 0.465 e. The van der Waals surface area contributed by atoms with Gasteiger partial charge in [0, 0.05) is 28.8 Å². The average molecular weight is 352 g/mol. The van der Waals surface area contributed by atoms with Gasteiger partial charge in [-0.05, 0) is 12.8 Å². The summed E-state index contributed by atoms with van der Waals surface area (Å²) in [6.45, 7) is 1.28. The van der Waals surface area contributed by atoms with Crippen molar-refractivity contribution in [2.75, 3.05) is 13.1 Å². The maximum absolute atomic E-state index is 10.8. The first kappa shape index (κ1) is 12.1. The topological polar surface area (TPSA) is 53.4 Å². The molecule has 16 heavy (non-hydrogen) atoms. The highest BCUT2D eigenvalue weighted by Gasteiger charge is 2.25. The van der Waals surface area contributed by atoms with Crippen LogP contribution >= 0.6 is 33.9 Å². The van der Waals surface area contributed by atoms with Crippen molar-refractivity contribution in [2.24, 2.45) is 0 Å². The molecule has 88 valence electrons. The van der Waals surface area contributed by atoms with Gasteiger partial charge >= 0.3 is 6.09 Å². The highest BCUT2D eigenvalue weighted by atomic mass is 127. The number of halogens is 1. The van der Waals surface area contributed by atoms with E-state index < -0.39 is 6.09 Å². The van der Waals surface area contributed by atoms with Gasteiger partial charge in [-0.3, -0.25) is 0 Å². The van der Waals surface area contributed by atoms with E-state index in [0.29, 0.717) is 19.0 Å². The summed E-state index contributed by atoms with van der Waals surface area (Å²) in [5.41, 5.74) is 1.14. The normalized spacial score (nSPS) is 17.7. The third kappa shape index (κ3) is 2.65. The van der Waals surface area contributed by atoms with E-state index in [1.54, 1.807) is 11.3 Å². The first-order chi connectivity index (χ1) is 7.70. The molecular formula is C10H13IN2O2S. The zero-order valence-electron chi connectivity index (χ0n) is 8.73. The lowest BCUT2D eigenvalue weighted by atomic mass is 9.98. The number of nitrogens with zero attached hydrogens (tertiary/aromatic N) is 2. The Bertz CT molecular complexity index is 375. The van der Waals surface area contributed by atoms with Crippen molar-refractivity contribution in [3.05, 3.63) is 16.1 Å². The Balaban J connectivity index is 1.96. The molecule has 0 radical (unpaired) electrons. The van der Waals surface area contributed by atoms with Crippen LogP contribution < -0.4 is 0 Å². The third-order valence-corrected chi connectivity index (χ3v) is 4.66. The lowest BCUT2D eigenvalue weighted by Crippen LogP contribution is -2.36. The monoisotopic (exact) mass is 352 g/mol. The number of likely N-dealkylation sites (tertiary alicyclic amines) is 1. The maximum Gasteiger partial charge on any atom is 0.407 e. The van der Waals surface area contributed by atoms with Crippen LogP contribution in [0.15, 0.2) is 5.38 Å². The van der Waals surface area contributed by atoms with Crippen molar-refractivity contribution in [1.82, 2.24) is 9.88 Å². The van der Waals surface area contributed by atoms with E-state index in [1.807, 2.05) is 0 Å². The first-order valence-corrected chi connectivity index (χ1v) is 7.59. The van der Waals surface area contributed by atoms with Gasteiger partial charge in [-0.15, -0.1) is 11.3 Å². The summed E-state index contributed by atoms with van der Waals surface area (Å²) in [5, 5.41) is 12.1. The number of thiazole rings is 1. The number of aromatic nitrogens is 1. The molecule has 0 unspecified atom stereocenters. The Hall–Kier alpha value is -0.370. The molecule has 1 aliphatic rings. The molecule has 1 N–H and O–H groups in total. The van der Waals surface area contributed by atoms with Crippen LogP contribution in [-0.2, 0) is 4.43 Å². The van der Waals surface area contributed by atoms with Gasteiger partial charge in [0.25, 0.3) is 0 Å². The SMILES string of the molecule is O=C(O)N1CCC(c2nc(CI)cs2)CC1. The van der Waals surface area contributed by atoms with E-state index >= 15 is 0 Å². The molecule has 0 spiro atoms. The second-order valence-electron chi connectivity index (χ2n) is 3.85. The number of carbonyl (C=O) groups is 1. The molecule has 1 aromatic heterocycles. The molecule has 4 nitrogen and oxygen atoms in total. The standard InChI is InChI=1S/C10H13IN2O2S/c11-5-8-6-16-9(12-8)7-1-3-13(4-2-7)10(14)15/h6-7H,1-5H2,(H,14,15). The second kappa shape index (κ2) is 5.31. The molecule has 1 saturated heterocycles. The predicted octanol–water partition coefficient (Wildman–Crippen LogP) is 2.94. The van der Waals surface area contributed by atoms with Crippen LogP contribution in [0.4, 0.5) is 4.79 Å². The fraction of sp³-hybridized carbons (Fsp3) is 0.600. The summed E-state index contributed by atoms with van der Waals surface area (Å²) in [6, 6.07) is 0. The van der Waals surface area contributed by atoms with Crippen molar-refractivity contribution in [1.29, 1.82) is 0 Å². The average Bonchev–Trinajstić information content (AvgIpc) is 2.77. The molecule has 2 heterocycles. The van der Waals surface area contributed by atoms with Crippen molar-refractivity contribution in [3.63, 3.8) is 0 Å². The summed E-state index contributed by atoms with van der Waals surface area (Å²) in [7, 11) is 0. The Labute approximate surface area is 112 Å². The van der Waals surface area contributed by atoms with E-state index in [0.717, 1.165) is 23.0 Å². The van der Waals surface area contributed by atoms with Crippen LogP contribution in [0.5, 0.6) is 0 Å². The van der Waals surface area contributed by atoms with Gasteiger partial charge in [-0.2, -0.15) is 0 Å². The molecule has 2 rings (SSSR count). The number of piperidine rings is 1. The number of alkyl halides is 1. The number of rotatable bonds is 2. The van der Waals surface area contributed by atoms with Gasteiger partial charge in [0.2, 0.25) is 0 Å². The molecule has 0 saturated carbocycles. The summed E-state index contributed by atoms with van der Waals surface area (Å²) in [5.74, 6) is 0.456. The Morgan fingerprint density at radius 3 is 2.81 bits per heavy atom. The molecule has 0 aromatic carbocycles. The van der Waals surface area contributed by atoms with E-state index in [4.69, 9.17) is 5.11 Å². The van der Waals surface area contributed by atoms with Crippen LogP contribution in [0.2, 0.25) is 0 Å². The molecule has 0 bridgehead atoms. The molecule has 0 atom stereocenters. The van der Waals surface area contributed by atoms with Crippen LogP contribution in [-0.4, -0.2) is 34.2 Å². The summed E-state index contributed by atoms with van der Waals surface area (Å²) in [6.07, 6.45) is 1.01. The number of carboxylic acid groups (broad SMARTS) is 1. The lowest BCUT2D eigenvalue weighted by molar-refractivity contribution is 0.132. The van der Waals surface area contributed by atoms with Crippen molar-refractivity contribution < 1.29 is 9.90 Å². The van der Waals surface area contributed by atoms with Gasteiger partial charge in [0.05, 0.1) is 10.7 Å². The van der Waals surface area contributed by atoms with Crippen LogP contribution in [0.3, 0.4) is 0 Å². The minimum Gasteiger partial charge on any atom is -0.465 e. The van der Waals surface area contributed by atoms with Gasteiger partial charge in [-0.1, -0.05) is 22.6 Å². The zero-order valence-corrected chi connectivity index (χ0v) is 11.7. The zero-order chi connectivity index (χ0) is 11.5. The van der Waals surface area contributed by atoms with Gasteiger partial charge in [0.1, 0.15) is 0 Å². The quantitative estimate of drug-likeness (QED) is 0.658. The van der Waals surface area contributed by atoms with Gasteiger partial charge < -0.3 is 10.0 Å². The molecular weight excluding hydrogens is 339 g/mol. The predicted molar refractivity (Wildman–Crippen MR) is 71.4 cm³/mol. The Kier molecular flexibility index (Phi) is 4.01. The van der Waals surface area contributed by atoms with Gasteiger partial charge in [-0.25, -0.2) is 9.78 Å². The summed E-state index contributed by atoms with van der Waals surface area (Å²) >= 11 is 4.02. The highest BCUT2D eigenvalue weighted by molar-refractivity contribution is 14.1. The van der Waals surface area contributed by atoms with Crippen molar-refractivity contribution >= 4 is 40.0 Å². The van der Waals surface area contributed by atoms with Gasteiger partial charge in [0.15, 0.2) is 0 Å². The number of hydrogen-bond donors (Lipinski definition) is 1. The Morgan fingerprint density at radius 2 is 2.31 bits per heavy atom. The minimum atomic E-state index is -0.800. The lowest BCUT2D eigenvalue weighted by Gasteiger charge is -2.28. The summed E-state index contributed by atoms with van der Waals surface area (Å²) in [4.78, 5) is 16.8. The number of hydrogen-bond acceptors (Lipinski definition) is 3. The fourth-order valence-electron chi connectivity index (χ4n) is 1.89. The van der Waals surface area contributed by atoms with Crippen LogP contribution in [0, 0.1) is 0 Å². The van der Waals surface area contributed by atoms with E-state index in [-0.39, 0.29) is 0 Å². The molecule has 1 amide bonds. The molecule has 1 fully saturated rings. The van der Waals surface area contributed by atoms with Crippen LogP contribution in [0.1, 0.15) is 29.5 Å². The molecule has 1 aliphatic heterocycles. The highest BCUT2D eigenvalue weighted by Crippen LogP contribution is 2.30. The number of amides is 1. The summed E-state index contributed by atoms with van der Waals surface area (Å²) < 4.78 is 0.947. The maximum atomic E-state index is 10.8. The smallest absolute Gasteiger partial charge is 0.407 e. The van der Waals surface area contributed by atoms with Crippen molar-refractivity contribution in [2.45, 2.75) is 23.2 Å². The third-order valence-electron chi connectivity index (χ3n) is 2.82. The molecule has 1 aromatic rings. The Morgan fingerprint density at radius 1 is 1.62 bits per heavy atom. The molecule has 0 aliphatic carbocycles. The molecule has 6 heteroatoms. The first-order valence-electron chi connectivity index (χ1n) is 5.19.